The van der Waals surface area contributed by atoms with Crippen LogP contribution in [0.15, 0.2) is 0 Å². The second-order valence-electron chi connectivity index (χ2n) is 3.64. The monoisotopic (exact) mass is 188 g/mol. The fourth-order valence-corrected chi connectivity index (χ4v) is 2.97. The molecule has 0 amide bonds. The molecule has 3 atom stereocenters. The van der Waals surface area contributed by atoms with E-state index in [4.69, 9.17) is 5.11 Å². The van der Waals surface area contributed by atoms with Gasteiger partial charge < -0.3 is 5.11 Å². The Kier molecular flexibility index (Phi) is 3.44. The highest BCUT2D eigenvalue weighted by Gasteiger charge is 2.32. The van der Waals surface area contributed by atoms with Crippen LogP contribution in [0.2, 0.25) is 0 Å². The average Bonchev–Trinajstić information content (AvgIpc) is 2.03. The van der Waals surface area contributed by atoms with Crippen LogP contribution in [-0.2, 0) is 4.79 Å². The van der Waals surface area contributed by atoms with Crippen molar-refractivity contribution in [1.29, 1.82) is 0 Å². The lowest BCUT2D eigenvalue weighted by Gasteiger charge is -2.30. The Balaban J connectivity index is 2.56. The second kappa shape index (κ2) is 4.17. The maximum absolute atomic E-state index is 10.8. The summed E-state index contributed by atoms with van der Waals surface area (Å²) in [7, 11) is 0. The van der Waals surface area contributed by atoms with Crippen LogP contribution < -0.4 is 0 Å². The molecule has 2 nitrogen and oxygen atoms in total. The van der Waals surface area contributed by atoms with Gasteiger partial charge in [-0.05, 0) is 31.4 Å². The first-order valence-corrected chi connectivity index (χ1v) is 5.69. The molecule has 0 aromatic heterocycles. The van der Waals surface area contributed by atoms with Crippen molar-refractivity contribution >= 4 is 17.7 Å². The SMILES string of the molecule is CSC1CC(C)CCC1C(=O)O. The van der Waals surface area contributed by atoms with Gasteiger partial charge in [-0.25, -0.2) is 0 Å². The van der Waals surface area contributed by atoms with E-state index in [1.165, 1.54) is 0 Å². The zero-order valence-electron chi connectivity index (χ0n) is 7.62. The van der Waals surface area contributed by atoms with E-state index in [1.807, 2.05) is 6.26 Å². The van der Waals surface area contributed by atoms with Crippen LogP contribution in [0.5, 0.6) is 0 Å². The van der Waals surface area contributed by atoms with Gasteiger partial charge in [-0.1, -0.05) is 6.92 Å². The molecule has 0 heterocycles. The zero-order chi connectivity index (χ0) is 9.14. The van der Waals surface area contributed by atoms with Gasteiger partial charge in [0.1, 0.15) is 0 Å². The maximum Gasteiger partial charge on any atom is 0.307 e. The molecule has 0 radical (unpaired) electrons. The molecule has 3 heteroatoms. The van der Waals surface area contributed by atoms with Crippen molar-refractivity contribution in [3.8, 4) is 0 Å². The van der Waals surface area contributed by atoms with E-state index in [0.717, 1.165) is 19.3 Å². The molecule has 1 aliphatic rings. The van der Waals surface area contributed by atoms with E-state index >= 15 is 0 Å². The van der Waals surface area contributed by atoms with Gasteiger partial charge in [0.15, 0.2) is 0 Å². The quantitative estimate of drug-likeness (QED) is 0.722. The van der Waals surface area contributed by atoms with Gasteiger partial charge in [0.25, 0.3) is 0 Å². The van der Waals surface area contributed by atoms with Gasteiger partial charge in [0.2, 0.25) is 0 Å². The smallest absolute Gasteiger partial charge is 0.307 e. The van der Waals surface area contributed by atoms with Gasteiger partial charge in [-0.2, -0.15) is 11.8 Å². The third-order valence-electron chi connectivity index (χ3n) is 2.67. The van der Waals surface area contributed by atoms with Crippen LogP contribution in [0.4, 0.5) is 0 Å². The molecule has 1 rings (SSSR count). The van der Waals surface area contributed by atoms with E-state index in [1.54, 1.807) is 11.8 Å². The number of carboxylic acid groups (broad SMARTS) is 1. The Morgan fingerprint density at radius 2 is 2.17 bits per heavy atom. The molecule has 0 spiro atoms. The molecule has 0 saturated heterocycles. The van der Waals surface area contributed by atoms with Crippen LogP contribution in [-0.4, -0.2) is 22.6 Å². The van der Waals surface area contributed by atoms with Crippen molar-refractivity contribution in [2.75, 3.05) is 6.26 Å². The minimum Gasteiger partial charge on any atom is -0.481 e. The second-order valence-corrected chi connectivity index (χ2v) is 4.71. The zero-order valence-corrected chi connectivity index (χ0v) is 8.43. The number of hydrogen-bond donors (Lipinski definition) is 1. The normalized spacial score (nSPS) is 36.3. The topological polar surface area (TPSA) is 37.3 Å². The first kappa shape index (κ1) is 9.90. The summed E-state index contributed by atoms with van der Waals surface area (Å²) in [5, 5.41) is 9.25. The highest BCUT2D eigenvalue weighted by Crippen LogP contribution is 2.35. The highest BCUT2D eigenvalue weighted by atomic mass is 32.2. The molecule has 0 aromatic rings. The highest BCUT2D eigenvalue weighted by molar-refractivity contribution is 7.99. The Hall–Kier alpha value is -0.180. The maximum atomic E-state index is 10.8. The van der Waals surface area contributed by atoms with Crippen molar-refractivity contribution < 1.29 is 9.90 Å². The molecule has 1 fully saturated rings. The van der Waals surface area contributed by atoms with E-state index in [-0.39, 0.29) is 5.92 Å². The van der Waals surface area contributed by atoms with Crippen molar-refractivity contribution in [3.63, 3.8) is 0 Å². The predicted molar refractivity (Wildman–Crippen MR) is 51.4 cm³/mol. The first-order chi connectivity index (χ1) is 5.65. The molecule has 12 heavy (non-hydrogen) atoms. The molecular formula is C9H16O2S. The number of rotatable bonds is 2. The summed E-state index contributed by atoms with van der Waals surface area (Å²) in [6.07, 6.45) is 5.02. The minimum absolute atomic E-state index is 0.101. The Labute approximate surface area is 77.7 Å². The largest absolute Gasteiger partial charge is 0.481 e. The molecule has 3 unspecified atom stereocenters. The van der Waals surface area contributed by atoms with E-state index in [0.29, 0.717) is 11.2 Å². The number of thioether (sulfide) groups is 1. The lowest BCUT2D eigenvalue weighted by molar-refractivity contribution is -0.142. The van der Waals surface area contributed by atoms with Crippen LogP contribution in [0.1, 0.15) is 26.2 Å². The van der Waals surface area contributed by atoms with E-state index in [9.17, 15) is 4.79 Å². The third-order valence-corrected chi connectivity index (χ3v) is 3.80. The Bertz CT molecular complexity index is 170. The predicted octanol–water partition coefficient (Wildman–Crippen LogP) is 2.24. The molecule has 0 aliphatic heterocycles. The van der Waals surface area contributed by atoms with Crippen molar-refractivity contribution in [1.82, 2.24) is 0 Å². The van der Waals surface area contributed by atoms with Crippen LogP contribution >= 0.6 is 11.8 Å². The van der Waals surface area contributed by atoms with Crippen molar-refractivity contribution in [2.45, 2.75) is 31.4 Å². The lowest BCUT2D eigenvalue weighted by atomic mass is 9.82. The average molecular weight is 188 g/mol. The lowest BCUT2D eigenvalue weighted by Crippen LogP contribution is -2.31. The fraction of sp³-hybridized carbons (Fsp3) is 0.889. The minimum atomic E-state index is -0.610. The number of hydrogen-bond acceptors (Lipinski definition) is 2. The third kappa shape index (κ3) is 2.16. The van der Waals surface area contributed by atoms with Crippen molar-refractivity contribution in [2.24, 2.45) is 11.8 Å². The molecule has 1 N–H and O–H groups in total. The standard InChI is InChI=1S/C9H16O2S/c1-6-3-4-7(9(10)11)8(5-6)12-2/h6-8H,3-5H2,1-2H3,(H,10,11). The molecule has 0 bridgehead atoms. The fourth-order valence-electron chi connectivity index (χ4n) is 1.87. The Morgan fingerprint density at radius 3 is 2.67 bits per heavy atom. The molecule has 1 saturated carbocycles. The van der Waals surface area contributed by atoms with Gasteiger partial charge in [-0.15, -0.1) is 0 Å². The molecule has 70 valence electrons. The molecule has 1 aliphatic carbocycles. The number of carbonyl (C=O) groups is 1. The van der Waals surface area contributed by atoms with Crippen LogP contribution in [0.3, 0.4) is 0 Å². The first-order valence-electron chi connectivity index (χ1n) is 4.40. The van der Waals surface area contributed by atoms with Crippen LogP contribution in [0.25, 0.3) is 0 Å². The summed E-state index contributed by atoms with van der Waals surface area (Å²) in [5.74, 6) is -0.00417. The van der Waals surface area contributed by atoms with E-state index < -0.39 is 5.97 Å². The van der Waals surface area contributed by atoms with Gasteiger partial charge >= 0.3 is 5.97 Å². The van der Waals surface area contributed by atoms with Gasteiger partial charge in [-0.3, -0.25) is 4.79 Å². The summed E-state index contributed by atoms with van der Waals surface area (Å²) in [4.78, 5) is 10.8. The number of carboxylic acids is 1. The summed E-state index contributed by atoms with van der Waals surface area (Å²) in [6.45, 7) is 2.21. The summed E-state index contributed by atoms with van der Waals surface area (Å²) >= 11 is 1.71. The van der Waals surface area contributed by atoms with Crippen molar-refractivity contribution in [3.05, 3.63) is 0 Å². The van der Waals surface area contributed by atoms with Gasteiger partial charge in [0, 0.05) is 5.25 Å². The Morgan fingerprint density at radius 1 is 1.50 bits per heavy atom. The summed E-state index contributed by atoms with van der Waals surface area (Å²) in [6, 6.07) is 0. The molecular weight excluding hydrogens is 172 g/mol. The number of aliphatic carboxylic acids is 1. The van der Waals surface area contributed by atoms with Crippen LogP contribution in [0, 0.1) is 11.8 Å². The van der Waals surface area contributed by atoms with Gasteiger partial charge in [0.05, 0.1) is 5.92 Å². The van der Waals surface area contributed by atoms with E-state index in [2.05, 4.69) is 6.92 Å². The summed E-state index contributed by atoms with van der Waals surface area (Å²) in [5.41, 5.74) is 0. The summed E-state index contributed by atoms with van der Waals surface area (Å²) < 4.78 is 0. The molecule has 0 aromatic carbocycles.